The standard InChI is InChI=1S/C13H20N2/c1-3-9-15(10-4-2)11-12-5-7-13(14)8-6-12/h3,5-8H,1,4,9-11,14H2,2H3. The third kappa shape index (κ3) is 4.17. The summed E-state index contributed by atoms with van der Waals surface area (Å²) in [6, 6.07) is 8.07. The van der Waals surface area contributed by atoms with E-state index >= 15 is 0 Å². The molecule has 0 saturated carbocycles. The van der Waals surface area contributed by atoms with Crippen molar-refractivity contribution in [1.29, 1.82) is 0 Å². The number of anilines is 1. The summed E-state index contributed by atoms with van der Waals surface area (Å²) in [5.41, 5.74) is 7.77. The minimum atomic E-state index is 0.824. The van der Waals surface area contributed by atoms with E-state index in [4.69, 9.17) is 5.73 Å². The lowest BCUT2D eigenvalue weighted by molar-refractivity contribution is 0.295. The summed E-state index contributed by atoms with van der Waals surface area (Å²) in [7, 11) is 0. The minimum Gasteiger partial charge on any atom is -0.399 e. The quantitative estimate of drug-likeness (QED) is 0.570. The lowest BCUT2D eigenvalue weighted by Gasteiger charge is -2.19. The van der Waals surface area contributed by atoms with E-state index in [0.717, 1.165) is 25.3 Å². The number of hydrogen-bond acceptors (Lipinski definition) is 2. The number of nitrogens with two attached hydrogens (primary N) is 1. The van der Waals surface area contributed by atoms with Crippen LogP contribution in [0.25, 0.3) is 0 Å². The van der Waals surface area contributed by atoms with E-state index in [1.807, 2.05) is 18.2 Å². The number of nitrogen functional groups attached to an aromatic ring is 1. The highest BCUT2D eigenvalue weighted by molar-refractivity contribution is 5.39. The molecule has 0 radical (unpaired) electrons. The summed E-state index contributed by atoms with van der Waals surface area (Å²) in [5, 5.41) is 0. The monoisotopic (exact) mass is 204 g/mol. The first-order chi connectivity index (χ1) is 7.26. The van der Waals surface area contributed by atoms with Gasteiger partial charge in [-0.25, -0.2) is 0 Å². The van der Waals surface area contributed by atoms with E-state index in [1.165, 1.54) is 12.0 Å². The molecule has 1 aromatic carbocycles. The molecule has 1 aromatic rings. The Balaban J connectivity index is 2.56. The summed E-state index contributed by atoms with van der Waals surface area (Å²) >= 11 is 0. The second-order valence-electron chi connectivity index (χ2n) is 3.77. The molecule has 0 aromatic heterocycles. The molecular weight excluding hydrogens is 184 g/mol. The van der Waals surface area contributed by atoms with Crippen LogP contribution in [0.2, 0.25) is 0 Å². The Bertz CT molecular complexity index is 290. The van der Waals surface area contributed by atoms with E-state index < -0.39 is 0 Å². The van der Waals surface area contributed by atoms with Gasteiger partial charge >= 0.3 is 0 Å². The molecule has 0 aliphatic carbocycles. The fraction of sp³-hybridized carbons (Fsp3) is 0.385. The first kappa shape index (κ1) is 11.8. The zero-order valence-electron chi connectivity index (χ0n) is 9.45. The van der Waals surface area contributed by atoms with Gasteiger partial charge in [-0.15, -0.1) is 6.58 Å². The Morgan fingerprint density at radius 3 is 2.53 bits per heavy atom. The van der Waals surface area contributed by atoms with Gasteiger partial charge in [0.15, 0.2) is 0 Å². The first-order valence-electron chi connectivity index (χ1n) is 5.44. The highest BCUT2D eigenvalue weighted by atomic mass is 15.1. The van der Waals surface area contributed by atoms with Crippen LogP contribution in [0.1, 0.15) is 18.9 Å². The highest BCUT2D eigenvalue weighted by Gasteiger charge is 2.02. The maximum absolute atomic E-state index is 5.65. The normalized spacial score (nSPS) is 10.5. The maximum atomic E-state index is 5.65. The fourth-order valence-electron chi connectivity index (χ4n) is 1.61. The second-order valence-corrected chi connectivity index (χ2v) is 3.77. The van der Waals surface area contributed by atoms with Gasteiger partial charge < -0.3 is 5.73 Å². The lowest BCUT2D eigenvalue weighted by atomic mass is 10.2. The summed E-state index contributed by atoms with van der Waals surface area (Å²) < 4.78 is 0. The van der Waals surface area contributed by atoms with Crippen molar-refractivity contribution < 1.29 is 0 Å². The average molecular weight is 204 g/mol. The molecule has 0 aliphatic rings. The van der Waals surface area contributed by atoms with Crippen LogP contribution in [0.5, 0.6) is 0 Å². The van der Waals surface area contributed by atoms with E-state index in [9.17, 15) is 0 Å². The SMILES string of the molecule is C=CCN(CCC)Cc1ccc(N)cc1. The van der Waals surface area contributed by atoms with E-state index in [2.05, 4.69) is 30.5 Å². The molecule has 0 saturated heterocycles. The molecule has 2 nitrogen and oxygen atoms in total. The van der Waals surface area contributed by atoms with E-state index in [1.54, 1.807) is 0 Å². The highest BCUT2D eigenvalue weighted by Crippen LogP contribution is 2.08. The van der Waals surface area contributed by atoms with Gasteiger partial charge in [-0.3, -0.25) is 4.90 Å². The number of nitrogens with zero attached hydrogens (tertiary/aromatic N) is 1. The Hall–Kier alpha value is -1.28. The molecule has 0 heterocycles. The van der Waals surface area contributed by atoms with E-state index in [-0.39, 0.29) is 0 Å². The topological polar surface area (TPSA) is 29.3 Å². The molecular formula is C13H20N2. The van der Waals surface area contributed by atoms with Crippen LogP contribution < -0.4 is 5.73 Å². The van der Waals surface area contributed by atoms with Crippen molar-refractivity contribution >= 4 is 5.69 Å². The zero-order chi connectivity index (χ0) is 11.1. The molecule has 0 amide bonds. The molecule has 0 bridgehead atoms. The van der Waals surface area contributed by atoms with Crippen molar-refractivity contribution in [1.82, 2.24) is 4.90 Å². The third-order valence-electron chi connectivity index (χ3n) is 2.31. The largest absolute Gasteiger partial charge is 0.399 e. The van der Waals surface area contributed by atoms with Crippen LogP contribution in [-0.2, 0) is 6.54 Å². The van der Waals surface area contributed by atoms with Gasteiger partial charge in [0.25, 0.3) is 0 Å². The average Bonchev–Trinajstić information content (AvgIpc) is 2.22. The van der Waals surface area contributed by atoms with Crippen molar-refractivity contribution in [2.75, 3.05) is 18.8 Å². The Kier molecular flexibility index (Phi) is 4.91. The molecule has 0 fully saturated rings. The minimum absolute atomic E-state index is 0.824. The molecule has 0 atom stereocenters. The Labute approximate surface area is 92.4 Å². The summed E-state index contributed by atoms with van der Waals surface area (Å²) in [5.74, 6) is 0. The van der Waals surface area contributed by atoms with Crippen molar-refractivity contribution in [3.05, 3.63) is 42.5 Å². The van der Waals surface area contributed by atoms with Gasteiger partial charge in [0.2, 0.25) is 0 Å². The van der Waals surface area contributed by atoms with Crippen molar-refractivity contribution in [3.8, 4) is 0 Å². The number of benzene rings is 1. The third-order valence-corrected chi connectivity index (χ3v) is 2.31. The van der Waals surface area contributed by atoms with E-state index in [0.29, 0.717) is 0 Å². The molecule has 2 heteroatoms. The fourth-order valence-corrected chi connectivity index (χ4v) is 1.61. The van der Waals surface area contributed by atoms with Crippen molar-refractivity contribution in [2.24, 2.45) is 0 Å². The Morgan fingerprint density at radius 1 is 1.33 bits per heavy atom. The van der Waals surface area contributed by atoms with Crippen molar-refractivity contribution in [3.63, 3.8) is 0 Å². The maximum Gasteiger partial charge on any atom is 0.0314 e. The summed E-state index contributed by atoms with van der Waals surface area (Å²) in [6.45, 7) is 8.99. The van der Waals surface area contributed by atoms with Crippen LogP contribution in [0.3, 0.4) is 0 Å². The van der Waals surface area contributed by atoms with Crippen LogP contribution in [0.4, 0.5) is 5.69 Å². The molecule has 0 aliphatic heterocycles. The summed E-state index contributed by atoms with van der Waals surface area (Å²) in [4.78, 5) is 2.37. The molecule has 15 heavy (non-hydrogen) atoms. The van der Waals surface area contributed by atoms with Crippen LogP contribution in [-0.4, -0.2) is 18.0 Å². The first-order valence-corrected chi connectivity index (χ1v) is 5.44. The predicted octanol–water partition coefficient (Wildman–Crippen LogP) is 2.67. The lowest BCUT2D eigenvalue weighted by Crippen LogP contribution is -2.24. The van der Waals surface area contributed by atoms with Gasteiger partial charge in [-0.2, -0.15) is 0 Å². The number of rotatable bonds is 6. The van der Waals surface area contributed by atoms with Gasteiger partial charge in [0.05, 0.1) is 0 Å². The Morgan fingerprint density at radius 2 is 2.00 bits per heavy atom. The van der Waals surface area contributed by atoms with Gasteiger partial charge in [-0.05, 0) is 30.7 Å². The van der Waals surface area contributed by atoms with Crippen molar-refractivity contribution in [2.45, 2.75) is 19.9 Å². The zero-order valence-corrected chi connectivity index (χ0v) is 9.45. The smallest absolute Gasteiger partial charge is 0.0314 e. The van der Waals surface area contributed by atoms with Gasteiger partial charge in [0.1, 0.15) is 0 Å². The molecule has 0 unspecified atom stereocenters. The predicted molar refractivity (Wildman–Crippen MR) is 66.6 cm³/mol. The van der Waals surface area contributed by atoms with Gasteiger partial charge in [0, 0.05) is 18.8 Å². The molecule has 1 rings (SSSR count). The van der Waals surface area contributed by atoms with Crippen LogP contribution in [0.15, 0.2) is 36.9 Å². The van der Waals surface area contributed by atoms with Gasteiger partial charge in [-0.1, -0.05) is 25.1 Å². The summed E-state index contributed by atoms with van der Waals surface area (Å²) in [6.07, 6.45) is 3.12. The molecule has 82 valence electrons. The van der Waals surface area contributed by atoms with Crippen LogP contribution in [0, 0.1) is 0 Å². The van der Waals surface area contributed by atoms with Crippen LogP contribution >= 0.6 is 0 Å². The number of hydrogen-bond donors (Lipinski definition) is 1. The molecule has 2 N–H and O–H groups in total. The second kappa shape index (κ2) is 6.25. The molecule has 0 spiro atoms.